The molecule has 0 bridgehead atoms. The molecular weight excluding hydrogens is 262 g/mol. The van der Waals surface area contributed by atoms with Crippen molar-refractivity contribution in [2.24, 2.45) is 0 Å². The second-order valence-electron chi connectivity index (χ2n) is 5.30. The van der Waals surface area contributed by atoms with Crippen LogP contribution in [0.3, 0.4) is 0 Å². The first-order chi connectivity index (χ1) is 10.3. The van der Waals surface area contributed by atoms with E-state index in [0.29, 0.717) is 0 Å². The molecule has 1 N–H and O–H groups in total. The van der Waals surface area contributed by atoms with Crippen molar-refractivity contribution in [3.05, 3.63) is 65.2 Å². The van der Waals surface area contributed by atoms with E-state index in [2.05, 4.69) is 35.6 Å². The Bertz CT molecular complexity index is 597. The molecular formula is C18H21NO2. The summed E-state index contributed by atoms with van der Waals surface area (Å²) < 4.78 is 11.4. The molecule has 2 aromatic carbocycles. The van der Waals surface area contributed by atoms with E-state index in [1.807, 2.05) is 25.2 Å². The van der Waals surface area contributed by atoms with Gasteiger partial charge in [-0.1, -0.05) is 42.5 Å². The van der Waals surface area contributed by atoms with Crippen LogP contribution in [0, 0.1) is 0 Å². The van der Waals surface area contributed by atoms with E-state index < -0.39 is 0 Å². The van der Waals surface area contributed by atoms with Gasteiger partial charge in [0.1, 0.15) is 11.9 Å². The zero-order valence-electron chi connectivity index (χ0n) is 12.5. The molecule has 0 radical (unpaired) electrons. The number of rotatable bonds is 5. The van der Waals surface area contributed by atoms with E-state index >= 15 is 0 Å². The fourth-order valence-electron chi connectivity index (χ4n) is 3.00. The van der Waals surface area contributed by atoms with Crippen molar-refractivity contribution in [1.82, 2.24) is 5.32 Å². The van der Waals surface area contributed by atoms with Crippen LogP contribution in [0.1, 0.15) is 28.8 Å². The topological polar surface area (TPSA) is 30.5 Å². The highest BCUT2D eigenvalue weighted by molar-refractivity contribution is 5.41. The molecule has 3 rings (SSSR count). The van der Waals surface area contributed by atoms with Crippen LogP contribution in [0.15, 0.2) is 48.5 Å². The minimum absolute atomic E-state index is 0.0171. The Hall–Kier alpha value is -1.84. The van der Waals surface area contributed by atoms with Crippen molar-refractivity contribution in [3.8, 4) is 5.75 Å². The Kier molecular flexibility index (Phi) is 4.23. The van der Waals surface area contributed by atoms with Crippen molar-refractivity contribution in [2.45, 2.75) is 18.6 Å². The van der Waals surface area contributed by atoms with Crippen LogP contribution in [-0.2, 0) is 11.2 Å². The van der Waals surface area contributed by atoms with E-state index in [0.717, 1.165) is 18.8 Å². The van der Waals surface area contributed by atoms with Crippen molar-refractivity contribution in [3.63, 3.8) is 0 Å². The van der Waals surface area contributed by atoms with Gasteiger partial charge < -0.3 is 14.8 Å². The lowest BCUT2D eigenvalue weighted by molar-refractivity contribution is 0.0702. The molecule has 110 valence electrons. The molecule has 1 heterocycles. The monoisotopic (exact) mass is 283 g/mol. The average molecular weight is 283 g/mol. The summed E-state index contributed by atoms with van der Waals surface area (Å²) in [6, 6.07) is 16.9. The Morgan fingerprint density at radius 1 is 1.10 bits per heavy atom. The molecule has 0 aromatic heterocycles. The first-order valence-electron chi connectivity index (χ1n) is 7.34. The second kappa shape index (κ2) is 6.29. The largest absolute Gasteiger partial charge is 0.493 e. The highest BCUT2D eigenvalue weighted by Crippen LogP contribution is 2.34. The lowest BCUT2D eigenvalue weighted by atomic mass is 9.94. The van der Waals surface area contributed by atoms with Gasteiger partial charge in [0.05, 0.1) is 12.6 Å². The number of hydrogen-bond donors (Lipinski definition) is 1. The first kappa shape index (κ1) is 14.1. The zero-order chi connectivity index (χ0) is 14.7. The lowest BCUT2D eigenvalue weighted by Gasteiger charge is -2.27. The predicted molar refractivity (Wildman–Crippen MR) is 83.6 cm³/mol. The standard InChI is InChI=1S/C18H21NO2/c1-19-17(18(20-2)13-6-4-3-5-7-13)15-8-9-16-14(12-15)10-11-21-16/h3-9,12,17-19H,10-11H2,1-2H3. The molecule has 1 aliphatic heterocycles. The van der Waals surface area contributed by atoms with Crippen LogP contribution in [0.25, 0.3) is 0 Å². The summed E-state index contributed by atoms with van der Waals surface area (Å²) in [6.07, 6.45) is 0.972. The van der Waals surface area contributed by atoms with Crippen molar-refractivity contribution in [1.29, 1.82) is 0 Å². The van der Waals surface area contributed by atoms with E-state index in [9.17, 15) is 0 Å². The fourth-order valence-corrected chi connectivity index (χ4v) is 3.00. The molecule has 2 aromatic rings. The maximum absolute atomic E-state index is 5.77. The number of likely N-dealkylation sites (N-methyl/N-ethyl adjacent to an activating group) is 1. The number of nitrogens with one attached hydrogen (secondary N) is 1. The fraction of sp³-hybridized carbons (Fsp3) is 0.333. The Labute approximate surface area is 125 Å². The minimum Gasteiger partial charge on any atom is -0.493 e. The van der Waals surface area contributed by atoms with E-state index in [1.165, 1.54) is 16.7 Å². The van der Waals surface area contributed by atoms with E-state index in [1.54, 1.807) is 7.11 Å². The number of benzene rings is 2. The van der Waals surface area contributed by atoms with Crippen molar-refractivity contribution in [2.75, 3.05) is 20.8 Å². The van der Waals surface area contributed by atoms with Crippen LogP contribution in [0.5, 0.6) is 5.75 Å². The summed E-state index contributed by atoms with van der Waals surface area (Å²) in [5.74, 6) is 1.02. The van der Waals surface area contributed by atoms with Gasteiger partial charge in [0, 0.05) is 13.5 Å². The van der Waals surface area contributed by atoms with Crippen LogP contribution in [0.2, 0.25) is 0 Å². The quantitative estimate of drug-likeness (QED) is 0.913. The summed E-state index contributed by atoms with van der Waals surface area (Å²) in [4.78, 5) is 0. The molecule has 0 amide bonds. The molecule has 0 saturated heterocycles. The van der Waals surface area contributed by atoms with E-state index in [-0.39, 0.29) is 12.1 Å². The number of hydrogen-bond acceptors (Lipinski definition) is 3. The third-order valence-corrected chi connectivity index (χ3v) is 4.07. The smallest absolute Gasteiger partial charge is 0.122 e. The van der Waals surface area contributed by atoms with Gasteiger partial charge in [-0.2, -0.15) is 0 Å². The molecule has 0 fully saturated rings. The third kappa shape index (κ3) is 2.80. The lowest BCUT2D eigenvalue weighted by Crippen LogP contribution is -2.25. The summed E-state index contributed by atoms with van der Waals surface area (Å²) in [5.41, 5.74) is 3.70. The number of methoxy groups -OCH3 is 1. The summed E-state index contributed by atoms with van der Waals surface area (Å²) >= 11 is 0. The van der Waals surface area contributed by atoms with Crippen molar-refractivity contribution >= 4 is 0 Å². The van der Waals surface area contributed by atoms with Gasteiger partial charge in [-0.25, -0.2) is 0 Å². The van der Waals surface area contributed by atoms with Gasteiger partial charge in [0.2, 0.25) is 0 Å². The first-order valence-corrected chi connectivity index (χ1v) is 7.34. The normalized spacial score (nSPS) is 16.1. The van der Waals surface area contributed by atoms with Gasteiger partial charge in [0.15, 0.2) is 0 Å². The maximum atomic E-state index is 5.77. The van der Waals surface area contributed by atoms with Crippen LogP contribution >= 0.6 is 0 Å². The second-order valence-corrected chi connectivity index (χ2v) is 5.30. The SMILES string of the molecule is CNC(c1ccc2c(c1)CCO2)C(OC)c1ccccc1. The Morgan fingerprint density at radius 3 is 2.62 bits per heavy atom. The number of fused-ring (bicyclic) bond motifs is 1. The van der Waals surface area contributed by atoms with E-state index in [4.69, 9.17) is 9.47 Å². The van der Waals surface area contributed by atoms with Gasteiger partial charge >= 0.3 is 0 Å². The molecule has 0 saturated carbocycles. The van der Waals surface area contributed by atoms with Crippen LogP contribution in [0.4, 0.5) is 0 Å². The Balaban J connectivity index is 1.93. The highest BCUT2D eigenvalue weighted by Gasteiger charge is 2.24. The molecule has 3 heteroatoms. The summed E-state index contributed by atoms with van der Waals surface area (Å²) in [5, 5.41) is 3.39. The van der Waals surface area contributed by atoms with Gasteiger partial charge in [0.25, 0.3) is 0 Å². The zero-order valence-corrected chi connectivity index (χ0v) is 12.5. The minimum atomic E-state index is -0.0171. The number of ether oxygens (including phenoxy) is 2. The van der Waals surface area contributed by atoms with Crippen LogP contribution < -0.4 is 10.1 Å². The third-order valence-electron chi connectivity index (χ3n) is 4.07. The van der Waals surface area contributed by atoms with Gasteiger partial charge in [-0.3, -0.25) is 0 Å². The molecule has 1 aliphatic rings. The highest BCUT2D eigenvalue weighted by atomic mass is 16.5. The molecule has 21 heavy (non-hydrogen) atoms. The summed E-state index contributed by atoms with van der Waals surface area (Å²) in [6.45, 7) is 0.787. The van der Waals surface area contributed by atoms with Crippen molar-refractivity contribution < 1.29 is 9.47 Å². The Morgan fingerprint density at radius 2 is 1.90 bits per heavy atom. The predicted octanol–water partition coefficient (Wildman–Crippen LogP) is 3.27. The molecule has 3 nitrogen and oxygen atoms in total. The van der Waals surface area contributed by atoms with Gasteiger partial charge in [-0.05, 0) is 29.8 Å². The maximum Gasteiger partial charge on any atom is 0.122 e. The van der Waals surface area contributed by atoms with Crippen LogP contribution in [-0.4, -0.2) is 20.8 Å². The molecule has 0 spiro atoms. The molecule has 2 atom stereocenters. The average Bonchev–Trinajstić information content (AvgIpc) is 3.00. The summed E-state index contributed by atoms with van der Waals surface area (Å²) in [7, 11) is 3.74. The molecule has 2 unspecified atom stereocenters. The molecule has 0 aliphatic carbocycles. The van der Waals surface area contributed by atoms with Gasteiger partial charge in [-0.15, -0.1) is 0 Å².